The van der Waals surface area contributed by atoms with Gasteiger partial charge >= 0.3 is 0 Å². The van der Waals surface area contributed by atoms with Crippen molar-refractivity contribution in [3.8, 4) is 11.5 Å². The lowest BCUT2D eigenvalue weighted by Crippen LogP contribution is -2.09. The summed E-state index contributed by atoms with van der Waals surface area (Å²) in [4.78, 5) is 0. The molecule has 0 aliphatic rings. The van der Waals surface area contributed by atoms with Gasteiger partial charge in [0.25, 0.3) is 0 Å². The highest BCUT2D eigenvalue weighted by Gasteiger charge is 2.07. The maximum Gasteiger partial charge on any atom is 0.123 e. The van der Waals surface area contributed by atoms with Crippen LogP contribution in [0.3, 0.4) is 0 Å². The van der Waals surface area contributed by atoms with Crippen LogP contribution < -0.4 is 9.47 Å². The Hall–Kier alpha value is -1.18. The van der Waals surface area contributed by atoms with Crippen LogP contribution in [-0.4, -0.2) is 12.2 Å². The van der Waals surface area contributed by atoms with Gasteiger partial charge in [0.05, 0.1) is 12.2 Å². The number of rotatable bonds is 6. The van der Waals surface area contributed by atoms with E-state index in [1.54, 1.807) is 0 Å². The molecule has 1 aromatic rings. The van der Waals surface area contributed by atoms with Crippen LogP contribution in [0.1, 0.15) is 47.1 Å². The van der Waals surface area contributed by atoms with Crippen molar-refractivity contribution in [2.45, 2.75) is 60.2 Å². The fourth-order valence-corrected chi connectivity index (χ4v) is 1.90. The van der Waals surface area contributed by atoms with Crippen LogP contribution in [-0.2, 0) is 6.42 Å². The standard InChI is InChI=1S/C16H26O2/c1-11(2)7-14-8-15(17-12(3)4)10-16(9-14)18-13(5)6/h8-13H,7H2,1-6H3. The van der Waals surface area contributed by atoms with Crippen LogP contribution in [0, 0.1) is 5.92 Å². The van der Waals surface area contributed by atoms with E-state index >= 15 is 0 Å². The molecule has 0 bridgehead atoms. The number of ether oxygens (including phenoxy) is 2. The normalized spacial score (nSPS) is 11.4. The van der Waals surface area contributed by atoms with E-state index in [1.165, 1.54) is 5.56 Å². The quantitative estimate of drug-likeness (QED) is 0.742. The van der Waals surface area contributed by atoms with Gasteiger partial charge in [0.2, 0.25) is 0 Å². The molecule has 0 radical (unpaired) electrons. The first-order valence-corrected chi connectivity index (χ1v) is 6.84. The summed E-state index contributed by atoms with van der Waals surface area (Å²) in [5.74, 6) is 2.43. The lowest BCUT2D eigenvalue weighted by Gasteiger charge is -2.16. The van der Waals surface area contributed by atoms with Crippen molar-refractivity contribution in [3.63, 3.8) is 0 Å². The molecule has 18 heavy (non-hydrogen) atoms. The summed E-state index contributed by atoms with van der Waals surface area (Å²) in [6, 6.07) is 6.21. The average molecular weight is 250 g/mol. The molecule has 0 atom stereocenters. The average Bonchev–Trinajstić information content (AvgIpc) is 2.12. The summed E-state index contributed by atoms with van der Waals surface area (Å²) >= 11 is 0. The van der Waals surface area contributed by atoms with Crippen molar-refractivity contribution in [1.29, 1.82) is 0 Å². The van der Waals surface area contributed by atoms with Crippen molar-refractivity contribution in [1.82, 2.24) is 0 Å². The topological polar surface area (TPSA) is 18.5 Å². The van der Waals surface area contributed by atoms with Crippen molar-refractivity contribution < 1.29 is 9.47 Å². The zero-order valence-corrected chi connectivity index (χ0v) is 12.5. The summed E-state index contributed by atoms with van der Waals surface area (Å²) in [6.07, 6.45) is 1.42. The monoisotopic (exact) mass is 250 g/mol. The number of hydrogen-bond donors (Lipinski definition) is 0. The molecule has 0 spiro atoms. The van der Waals surface area contributed by atoms with Gasteiger partial charge in [0, 0.05) is 6.07 Å². The van der Waals surface area contributed by atoms with Crippen molar-refractivity contribution in [2.75, 3.05) is 0 Å². The van der Waals surface area contributed by atoms with Gasteiger partial charge in [-0.1, -0.05) is 13.8 Å². The minimum absolute atomic E-state index is 0.186. The summed E-state index contributed by atoms with van der Waals surface area (Å²) < 4.78 is 11.6. The van der Waals surface area contributed by atoms with E-state index < -0.39 is 0 Å². The third-order valence-electron chi connectivity index (χ3n) is 2.33. The molecule has 102 valence electrons. The molecule has 0 aliphatic carbocycles. The molecule has 0 saturated heterocycles. The second kappa shape index (κ2) is 6.67. The van der Waals surface area contributed by atoms with E-state index in [0.717, 1.165) is 17.9 Å². The zero-order chi connectivity index (χ0) is 13.7. The van der Waals surface area contributed by atoms with Crippen LogP contribution in [0.15, 0.2) is 18.2 Å². The van der Waals surface area contributed by atoms with E-state index in [9.17, 15) is 0 Å². The van der Waals surface area contributed by atoms with Crippen LogP contribution in [0.25, 0.3) is 0 Å². The molecule has 0 unspecified atom stereocenters. The van der Waals surface area contributed by atoms with Gasteiger partial charge in [-0.3, -0.25) is 0 Å². The van der Waals surface area contributed by atoms with Gasteiger partial charge in [0.1, 0.15) is 11.5 Å². The van der Waals surface area contributed by atoms with Gasteiger partial charge in [-0.15, -0.1) is 0 Å². The summed E-state index contributed by atoms with van der Waals surface area (Å²) in [5, 5.41) is 0. The predicted molar refractivity (Wildman–Crippen MR) is 76.5 cm³/mol. The molecule has 0 aromatic heterocycles. The van der Waals surface area contributed by atoms with Crippen molar-refractivity contribution in [2.24, 2.45) is 5.92 Å². The van der Waals surface area contributed by atoms with E-state index in [2.05, 4.69) is 26.0 Å². The first-order valence-electron chi connectivity index (χ1n) is 6.84. The summed E-state index contributed by atoms with van der Waals surface area (Å²) in [6.45, 7) is 12.6. The Morgan fingerprint density at radius 1 is 0.778 bits per heavy atom. The third kappa shape index (κ3) is 5.44. The maximum absolute atomic E-state index is 5.78. The van der Waals surface area contributed by atoms with Crippen molar-refractivity contribution in [3.05, 3.63) is 23.8 Å². The number of benzene rings is 1. The highest BCUT2D eigenvalue weighted by Crippen LogP contribution is 2.26. The predicted octanol–water partition coefficient (Wildman–Crippen LogP) is 4.46. The Labute approximate surface area is 111 Å². The maximum atomic E-state index is 5.78. The van der Waals surface area contributed by atoms with E-state index in [-0.39, 0.29) is 12.2 Å². The highest BCUT2D eigenvalue weighted by molar-refractivity contribution is 5.39. The summed E-state index contributed by atoms with van der Waals surface area (Å²) in [5.41, 5.74) is 1.28. The van der Waals surface area contributed by atoms with Crippen LogP contribution in [0.4, 0.5) is 0 Å². The molecule has 1 rings (SSSR count). The lowest BCUT2D eigenvalue weighted by atomic mass is 10.0. The molecule has 2 heteroatoms. The van der Waals surface area contributed by atoms with E-state index in [4.69, 9.17) is 9.47 Å². The fourth-order valence-electron chi connectivity index (χ4n) is 1.90. The zero-order valence-electron chi connectivity index (χ0n) is 12.5. The van der Waals surface area contributed by atoms with Gasteiger partial charge in [-0.25, -0.2) is 0 Å². The first-order chi connectivity index (χ1) is 8.36. The van der Waals surface area contributed by atoms with Gasteiger partial charge in [0.15, 0.2) is 0 Å². The molecular weight excluding hydrogens is 224 g/mol. The minimum Gasteiger partial charge on any atom is -0.491 e. The third-order valence-corrected chi connectivity index (χ3v) is 2.33. The number of hydrogen-bond acceptors (Lipinski definition) is 2. The SMILES string of the molecule is CC(C)Cc1cc(OC(C)C)cc(OC(C)C)c1. The largest absolute Gasteiger partial charge is 0.491 e. The Morgan fingerprint density at radius 3 is 1.56 bits per heavy atom. The summed E-state index contributed by atoms with van der Waals surface area (Å²) in [7, 11) is 0. The second-order valence-corrected chi connectivity index (χ2v) is 5.74. The lowest BCUT2D eigenvalue weighted by molar-refractivity contribution is 0.228. The fraction of sp³-hybridized carbons (Fsp3) is 0.625. The Balaban J connectivity index is 2.95. The smallest absolute Gasteiger partial charge is 0.123 e. The molecule has 0 saturated carbocycles. The molecule has 0 heterocycles. The van der Waals surface area contributed by atoms with Crippen LogP contribution in [0.2, 0.25) is 0 Å². The van der Waals surface area contributed by atoms with Gasteiger partial charge < -0.3 is 9.47 Å². The van der Waals surface area contributed by atoms with E-state index in [0.29, 0.717) is 5.92 Å². The Bertz CT molecular complexity index is 298. The second-order valence-electron chi connectivity index (χ2n) is 5.74. The molecule has 1 aromatic carbocycles. The molecule has 2 nitrogen and oxygen atoms in total. The Morgan fingerprint density at radius 2 is 1.22 bits per heavy atom. The molecule has 0 aliphatic heterocycles. The van der Waals surface area contributed by atoms with Gasteiger partial charge in [-0.2, -0.15) is 0 Å². The molecule has 0 N–H and O–H groups in total. The highest BCUT2D eigenvalue weighted by atomic mass is 16.5. The van der Waals surface area contributed by atoms with Crippen molar-refractivity contribution >= 4 is 0 Å². The van der Waals surface area contributed by atoms with Gasteiger partial charge in [-0.05, 0) is 57.7 Å². The molecule has 0 amide bonds. The van der Waals surface area contributed by atoms with Crippen LogP contribution >= 0.6 is 0 Å². The minimum atomic E-state index is 0.186. The molecular formula is C16H26O2. The van der Waals surface area contributed by atoms with E-state index in [1.807, 2.05) is 33.8 Å². The van der Waals surface area contributed by atoms with Crippen LogP contribution in [0.5, 0.6) is 11.5 Å². The Kier molecular flexibility index (Phi) is 5.52. The molecule has 0 fully saturated rings. The first kappa shape index (κ1) is 14.9.